The number of benzene rings is 1. The minimum atomic E-state index is -4.33. The molecule has 0 atom stereocenters. The molecule has 33 heavy (non-hydrogen) atoms. The largest absolute Gasteiger partial charge is 0.401 e. The van der Waals surface area contributed by atoms with Crippen LogP contribution in [0.3, 0.4) is 0 Å². The number of aromatic nitrogens is 5. The van der Waals surface area contributed by atoms with E-state index in [4.69, 9.17) is 11.6 Å². The molecule has 0 bridgehead atoms. The Labute approximate surface area is 192 Å². The van der Waals surface area contributed by atoms with E-state index in [0.717, 1.165) is 11.9 Å². The molecule has 0 spiro atoms. The van der Waals surface area contributed by atoms with Crippen molar-refractivity contribution in [2.24, 2.45) is 0 Å². The third kappa shape index (κ3) is 4.51. The third-order valence-electron chi connectivity index (χ3n) is 6.01. The van der Waals surface area contributed by atoms with Gasteiger partial charge in [0.2, 0.25) is 0 Å². The normalized spacial score (nSPS) is 17.5. The minimum Gasteiger partial charge on any atom is -0.354 e. The van der Waals surface area contributed by atoms with Crippen molar-refractivity contribution in [1.82, 2.24) is 29.6 Å². The van der Waals surface area contributed by atoms with E-state index < -0.39 is 18.5 Å². The van der Waals surface area contributed by atoms with Crippen LogP contribution < -0.4 is 4.90 Å². The zero-order chi connectivity index (χ0) is 23.2. The number of piperidine rings is 1. The summed E-state index contributed by atoms with van der Waals surface area (Å²) in [5.74, 6) is 0.976. The van der Waals surface area contributed by atoms with Gasteiger partial charge in [-0.1, -0.05) is 11.6 Å². The number of nitrogens with zero attached hydrogens (tertiary/aromatic N) is 7. The first kappa shape index (κ1) is 22.0. The molecule has 0 amide bonds. The number of hydrogen-bond donors (Lipinski definition) is 0. The summed E-state index contributed by atoms with van der Waals surface area (Å²) in [6.07, 6.45) is -0.521. The molecule has 1 saturated heterocycles. The van der Waals surface area contributed by atoms with Gasteiger partial charge in [-0.05, 0) is 36.6 Å². The molecule has 12 heteroatoms. The first-order valence-corrected chi connectivity index (χ1v) is 10.9. The summed E-state index contributed by atoms with van der Waals surface area (Å²) in [5.41, 5.74) is 1.43. The van der Waals surface area contributed by atoms with Crippen LogP contribution in [0.25, 0.3) is 5.69 Å². The molecule has 2 aliphatic rings. The van der Waals surface area contributed by atoms with Gasteiger partial charge in [0.05, 0.1) is 25.0 Å². The highest BCUT2D eigenvalue weighted by Gasteiger charge is 2.35. The lowest BCUT2D eigenvalue weighted by atomic mass is 9.95. The van der Waals surface area contributed by atoms with E-state index in [1.807, 2.05) is 9.47 Å². The van der Waals surface area contributed by atoms with Gasteiger partial charge in [-0.2, -0.15) is 13.2 Å². The summed E-state index contributed by atoms with van der Waals surface area (Å²) in [6, 6.07) is 5.21. The van der Waals surface area contributed by atoms with Gasteiger partial charge in [0.1, 0.15) is 12.2 Å². The molecule has 0 N–H and O–H groups in total. The Bertz CT molecular complexity index is 1160. The third-order valence-corrected chi connectivity index (χ3v) is 6.24. The van der Waals surface area contributed by atoms with Gasteiger partial charge < -0.3 is 4.90 Å². The molecule has 1 fully saturated rings. The van der Waals surface area contributed by atoms with E-state index in [0.29, 0.717) is 48.2 Å². The van der Waals surface area contributed by atoms with Gasteiger partial charge >= 0.3 is 6.18 Å². The number of halogens is 5. The van der Waals surface area contributed by atoms with E-state index in [-0.39, 0.29) is 24.8 Å². The molecule has 0 unspecified atom stereocenters. The number of fused-ring (bicyclic) bond motifs is 3. The minimum absolute atomic E-state index is 0.0177. The molecule has 3 aromatic rings. The lowest BCUT2D eigenvalue weighted by molar-refractivity contribution is -0.148. The molecule has 5 rings (SSSR count). The van der Waals surface area contributed by atoms with Crippen molar-refractivity contribution in [3.05, 3.63) is 58.8 Å². The summed E-state index contributed by atoms with van der Waals surface area (Å²) in [7, 11) is 0. The standard InChI is InChI=1S/C21H20ClF4N7/c22-15-1-2-17-14(7-15)9-31(11-21(24,25)26)10-18-29-30-19(33(17)18)13-3-5-32(6-4-13)20-16(23)8-27-12-28-20/h1-2,7-8,12-13H,3-6,9-11H2. The van der Waals surface area contributed by atoms with Crippen LogP contribution in [0.4, 0.5) is 23.4 Å². The van der Waals surface area contributed by atoms with Crippen molar-refractivity contribution in [1.29, 1.82) is 0 Å². The maximum Gasteiger partial charge on any atom is 0.401 e. The highest BCUT2D eigenvalue weighted by Crippen LogP contribution is 2.35. The van der Waals surface area contributed by atoms with Crippen LogP contribution in [-0.2, 0) is 13.1 Å². The quantitative estimate of drug-likeness (QED) is 0.525. The van der Waals surface area contributed by atoms with Crippen molar-refractivity contribution in [3.63, 3.8) is 0 Å². The number of hydrogen-bond acceptors (Lipinski definition) is 6. The van der Waals surface area contributed by atoms with Gasteiger partial charge in [-0.15, -0.1) is 10.2 Å². The fourth-order valence-electron chi connectivity index (χ4n) is 4.61. The van der Waals surface area contributed by atoms with E-state index in [1.165, 1.54) is 11.2 Å². The molecule has 0 saturated carbocycles. The molecular weight excluding hydrogens is 462 g/mol. The van der Waals surface area contributed by atoms with E-state index >= 15 is 0 Å². The molecule has 4 heterocycles. The zero-order valence-electron chi connectivity index (χ0n) is 17.4. The van der Waals surface area contributed by atoms with Crippen molar-refractivity contribution in [2.75, 3.05) is 24.5 Å². The molecule has 0 aliphatic carbocycles. The predicted octanol–water partition coefficient (Wildman–Crippen LogP) is 4.11. The summed E-state index contributed by atoms with van der Waals surface area (Å²) < 4.78 is 55.4. The first-order chi connectivity index (χ1) is 15.8. The first-order valence-electron chi connectivity index (χ1n) is 10.5. The number of alkyl halides is 3. The fourth-order valence-corrected chi connectivity index (χ4v) is 4.80. The Morgan fingerprint density at radius 3 is 2.61 bits per heavy atom. The van der Waals surface area contributed by atoms with Crippen LogP contribution in [0.1, 0.15) is 36.0 Å². The molecule has 1 aromatic carbocycles. The second-order valence-corrected chi connectivity index (χ2v) is 8.74. The summed E-state index contributed by atoms with van der Waals surface area (Å²) >= 11 is 6.16. The lowest BCUT2D eigenvalue weighted by Gasteiger charge is -2.32. The SMILES string of the molecule is Fc1cncnc1N1CCC(c2nnc3n2-c2ccc(Cl)cc2CN(CC(F)(F)F)C3)CC1. The van der Waals surface area contributed by atoms with Crippen LogP contribution >= 0.6 is 11.6 Å². The van der Waals surface area contributed by atoms with Gasteiger partial charge in [0.15, 0.2) is 17.5 Å². The van der Waals surface area contributed by atoms with Gasteiger partial charge in [-0.3, -0.25) is 9.47 Å². The van der Waals surface area contributed by atoms with Crippen LogP contribution in [-0.4, -0.2) is 55.4 Å². The Morgan fingerprint density at radius 2 is 1.88 bits per heavy atom. The molecule has 0 radical (unpaired) electrons. The van der Waals surface area contributed by atoms with E-state index in [9.17, 15) is 17.6 Å². The van der Waals surface area contributed by atoms with Gasteiger partial charge in [-0.25, -0.2) is 14.4 Å². The van der Waals surface area contributed by atoms with Crippen LogP contribution in [0, 0.1) is 5.82 Å². The smallest absolute Gasteiger partial charge is 0.354 e. The predicted molar refractivity (Wildman–Crippen MR) is 113 cm³/mol. The van der Waals surface area contributed by atoms with Crippen molar-refractivity contribution in [2.45, 2.75) is 38.0 Å². The molecule has 174 valence electrons. The second-order valence-electron chi connectivity index (χ2n) is 8.30. The topological polar surface area (TPSA) is 63.0 Å². The summed E-state index contributed by atoms with van der Waals surface area (Å²) in [6.45, 7) is 0.195. The number of anilines is 1. The van der Waals surface area contributed by atoms with Crippen molar-refractivity contribution < 1.29 is 17.6 Å². The molecule has 2 aliphatic heterocycles. The fraction of sp³-hybridized carbons (Fsp3) is 0.429. The Balaban J connectivity index is 1.45. The average Bonchev–Trinajstić information content (AvgIpc) is 3.10. The highest BCUT2D eigenvalue weighted by molar-refractivity contribution is 6.30. The van der Waals surface area contributed by atoms with Crippen molar-refractivity contribution in [3.8, 4) is 5.69 Å². The Hall–Kier alpha value is -2.79. The second kappa shape index (κ2) is 8.53. The maximum absolute atomic E-state index is 14.1. The van der Waals surface area contributed by atoms with Gasteiger partial charge in [0.25, 0.3) is 0 Å². The lowest BCUT2D eigenvalue weighted by Crippen LogP contribution is -2.35. The zero-order valence-corrected chi connectivity index (χ0v) is 18.2. The van der Waals surface area contributed by atoms with Gasteiger partial charge in [0, 0.05) is 30.6 Å². The monoisotopic (exact) mass is 481 g/mol. The average molecular weight is 482 g/mol. The van der Waals surface area contributed by atoms with Crippen LogP contribution in [0.15, 0.2) is 30.7 Å². The Morgan fingerprint density at radius 1 is 1.09 bits per heavy atom. The Kier molecular flexibility index (Phi) is 5.69. The maximum atomic E-state index is 14.1. The molecule has 7 nitrogen and oxygen atoms in total. The summed E-state index contributed by atoms with van der Waals surface area (Å²) in [4.78, 5) is 10.9. The molecular formula is C21H20ClF4N7. The molecule has 2 aromatic heterocycles. The number of rotatable bonds is 3. The van der Waals surface area contributed by atoms with Crippen LogP contribution in [0.5, 0.6) is 0 Å². The summed E-state index contributed by atoms with van der Waals surface area (Å²) in [5, 5.41) is 9.10. The van der Waals surface area contributed by atoms with E-state index in [1.54, 1.807) is 18.2 Å². The highest BCUT2D eigenvalue weighted by atomic mass is 35.5. The van der Waals surface area contributed by atoms with E-state index in [2.05, 4.69) is 20.2 Å². The van der Waals surface area contributed by atoms with Crippen molar-refractivity contribution >= 4 is 17.4 Å². The van der Waals surface area contributed by atoms with Crippen LogP contribution in [0.2, 0.25) is 5.02 Å².